The molecular weight excluding hydrogens is 478 g/mol. The first-order valence-electron chi connectivity index (χ1n) is 13.9. The summed E-state index contributed by atoms with van der Waals surface area (Å²) in [5, 5.41) is 3.11. The molecule has 0 saturated carbocycles. The summed E-state index contributed by atoms with van der Waals surface area (Å²) in [6.45, 7) is 11.7. The number of carbonyl (C=O) groups is 2. The Morgan fingerprint density at radius 3 is 2.16 bits per heavy atom. The largest absolute Gasteiger partial charge is 0.469 e. The van der Waals surface area contributed by atoms with Gasteiger partial charge in [-0.25, -0.2) is 9.69 Å². The van der Waals surface area contributed by atoms with Crippen molar-refractivity contribution in [3.63, 3.8) is 0 Å². The summed E-state index contributed by atoms with van der Waals surface area (Å²) in [5.41, 5.74) is 2.60. The van der Waals surface area contributed by atoms with Crippen molar-refractivity contribution in [1.29, 1.82) is 0 Å². The third-order valence-corrected chi connectivity index (χ3v) is 8.06. The van der Waals surface area contributed by atoms with Crippen molar-refractivity contribution in [2.24, 2.45) is 5.41 Å². The summed E-state index contributed by atoms with van der Waals surface area (Å²) >= 11 is 0. The minimum absolute atomic E-state index is 0.134. The molecule has 7 nitrogen and oxygen atoms in total. The number of amides is 3. The van der Waals surface area contributed by atoms with Crippen molar-refractivity contribution in [3.05, 3.63) is 65.2 Å². The summed E-state index contributed by atoms with van der Waals surface area (Å²) in [4.78, 5) is 30.4. The van der Waals surface area contributed by atoms with Crippen LogP contribution in [-0.4, -0.2) is 55.3 Å². The predicted molar refractivity (Wildman–Crippen MR) is 151 cm³/mol. The van der Waals surface area contributed by atoms with E-state index in [-0.39, 0.29) is 18.0 Å². The van der Waals surface area contributed by atoms with E-state index in [1.165, 1.54) is 10.5 Å². The number of likely N-dealkylation sites (tertiary alicyclic amines) is 1. The molecule has 1 saturated heterocycles. The summed E-state index contributed by atoms with van der Waals surface area (Å²) in [6.07, 6.45) is 2.23. The van der Waals surface area contributed by atoms with Gasteiger partial charge >= 0.3 is 6.03 Å². The van der Waals surface area contributed by atoms with E-state index in [2.05, 4.69) is 31.1 Å². The van der Waals surface area contributed by atoms with Gasteiger partial charge in [-0.3, -0.25) is 9.69 Å². The second kappa shape index (κ2) is 13.3. The van der Waals surface area contributed by atoms with Crippen LogP contribution in [0.1, 0.15) is 82.2 Å². The second-order valence-corrected chi connectivity index (χ2v) is 10.3. The molecule has 1 heterocycles. The van der Waals surface area contributed by atoms with Crippen LogP contribution in [0, 0.1) is 12.3 Å². The van der Waals surface area contributed by atoms with Crippen LogP contribution in [0.5, 0.6) is 5.75 Å². The zero-order valence-corrected chi connectivity index (χ0v) is 24.1. The van der Waals surface area contributed by atoms with Crippen LogP contribution < -0.4 is 10.1 Å². The number of rotatable bonds is 13. The van der Waals surface area contributed by atoms with Gasteiger partial charge in [-0.05, 0) is 63.0 Å². The summed E-state index contributed by atoms with van der Waals surface area (Å²) < 4.78 is 11.8. The number of methoxy groups -OCH3 is 1. The molecule has 38 heavy (non-hydrogen) atoms. The second-order valence-electron chi connectivity index (χ2n) is 10.3. The number of β-lactam (4-membered cyclic amide) rings is 1. The minimum atomic E-state index is -0.721. The van der Waals surface area contributed by atoms with Crippen LogP contribution in [0.25, 0.3) is 0 Å². The number of aryl methyl sites for hydroxylation is 1. The average molecular weight is 524 g/mol. The lowest BCUT2D eigenvalue weighted by molar-refractivity contribution is -0.191. The van der Waals surface area contributed by atoms with E-state index in [9.17, 15) is 9.59 Å². The first-order valence-corrected chi connectivity index (χ1v) is 13.9. The van der Waals surface area contributed by atoms with Crippen molar-refractivity contribution in [3.8, 4) is 5.75 Å². The number of imide groups is 1. The maximum atomic E-state index is 13.5. The van der Waals surface area contributed by atoms with E-state index < -0.39 is 17.7 Å². The van der Waals surface area contributed by atoms with Crippen molar-refractivity contribution >= 4 is 11.9 Å². The molecule has 3 rings (SSSR count). The number of hydrogen-bond donors (Lipinski definition) is 1. The van der Waals surface area contributed by atoms with Crippen molar-refractivity contribution in [2.45, 2.75) is 78.6 Å². The highest BCUT2D eigenvalue weighted by atomic mass is 16.5. The lowest BCUT2D eigenvalue weighted by Crippen LogP contribution is -2.73. The number of urea groups is 1. The Bertz CT molecular complexity index is 1050. The Labute approximate surface area is 228 Å². The molecule has 2 aromatic rings. The lowest BCUT2D eigenvalue weighted by atomic mass is 9.72. The molecular formula is C31H45N3O4. The zero-order chi connectivity index (χ0) is 27.9. The molecule has 1 N–H and O–H groups in total. The van der Waals surface area contributed by atoms with Gasteiger partial charge in [0.05, 0.1) is 18.7 Å². The van der Waals surface area contributed by atoms with Crippen LogP contribution in [0.3, 0.4) is 0 Å². The molecule has 0 aromatic heterocycles. The third-order valence-electron chi connectivity index (χ3n) is 8.06. The minimum Gasteiger partial charge on any atom is -0.469 e. The van der Waals surface area contributed by atoms with Gasteiger partial charge in [0.15, 0.2) is 6.23 Å². The van der Waals surface area contributed by atoms with Crippen molar-refractivity contribution in [1.82, 2.24) is 15.1 Å². The highest BCUT2D eigenvalue weighted by Crippen LogP contribution is 2.46. The van der Waals surface area contributed by atoms with Gasteiger partial charge in [-0.2, -0.15) is 0 Å². The van der Waals surface area contributed by atoms with Gasteiger partial charge in [0, 0.05) is 7.11 Å². The van der Waals surface area contributed by atoms with Gasteiger partial charge in [0.1, 0.15) is 11.2 Å². The molecule has 3 amide bonds. The van der Waals surface area contributed by atoms with Gasteiger partial charge in [-0.15, -0.1) is 0 Å². The Morgan fingerprint density at radius 2 is 1.63 bits per heavy atom. The van der Waals surface area contributed by atoms with Crippen molar-refractivity contribution < 1.29 is 19.1 Å². The number of ether oxygens (including phenoxy) is 2. The van der Waals surface area contributed by atoms with Crippen LogP contribution >= 0.6 is 0 Å². The molecule has 3 atom stereocenters. The van der Waals surface area contributed by atoms with Crippen LogP contribution in [0.2, 0.25) is 0 Å². The number of likely N-dealkylation sites (N-methyl/N-ethyl adjacent to an activating group) is 1. The monoisotopic (exact) mass is 523 g/mol. The normalized spacial score (nSPS) is 18.2. The molecule has 208 valence electrons. The molecule has 0 spiro atoms. The maximum absolute atomic E-state index is 13.5. The molecule has 0 radical (unpaired) electrons. The molecule has 1 aliphatic rings. The Balaban J connectivity index is 1.82. The number of hydrogen-bond acceptors (Lipinski definition) is 5. The Morgan fingerprint density at radius 1 is 1.03 bits per heavy atom. The Hall–Kier alpha value is -2.90. The first-order chi connectivity index (χ1) is 18.3. The van der Waals surface area contributed by atoms with E-state index in [1.54, 1.807) is 7.11 Å². The quantitative estimate of drug-likeness (QED) is 0.315. The van der Waals surface area contributed by atoms with E-state index in [1.807, 2.05) is 69.3 Å². The first kappa shape index (κ1) is 29.7. The maximum Gasteiger partial charge on any atom is 0.327 e. The van der Waals surface area contributed by atoms with Crippen LogP contribution in [0.15, 0.2) is 48.5 Å². The SMILES string of the molecule is CCC[C@@H](NC(=O)N1C(=O)C(CC)(CC)[C@@H]1Oc1ccc(C(COC)N(C)CC)cc1)c1ccc(C)cc1. The topological polar surface area (TPSA) is 71.1 Å². The predicted octanol–water partition coefficient (Wildman–Crippen LogP) is 6.24. The van der Waals surface area contributed by atoms with Gasteiger partial charge in [0.2, 0.25) is 5.91 Å². The molecule has 7 heteroatoms. The van der Waals surface area contributed by atoms with Gasteiger partial charge in [0.25, 0.3) is 0 Å². The summed E-state index contributed by atoms with van der Waals surface area (Å²) in [6, 6.07) is 15.6. The highest BCUT2D eigenvalue weighted by Gasteiger charge is 2.63. The average Bonchev–Trinajstić information content (AvgIpc) is 2.92. The number of benzene rings is 2. The third kappa shape index (κ3) is 6.05. The molecule has 0 bridgehead atoms. The van der Waals surface area contributed by atoms with Crippen LogP contribution in [-0.2, 0) is 9.53 Å². The number of carbonyl (C=O) groups excluding carboxylic acids is 2. The van der Waals surface area contributed by atoms with Crippen LogP contribution in [0.4, 0.5) is 4.79 Å². The molecule has 2 aromatic carbocycles. The zero-order valence-electron chi connectivity index (χ0n) is 24.1. The van der Waals surface area contributed by atoms with E-state index >= 15 is 0 Å². The standard InChI is InChI=1S/C31H45N3O4/c1-8-12-26(23-15-13-22(5)14-16-23)32-30(36)34-28(35)31(9-2,10-3)29(34)38-25-19-17-24(18-20-25)27(21-37-7)33(6)11-4/h13-20,26-27,29H,8-12,21H2,1-7H3,(H,32,36)/t26-,27?,29+/m1/s1. The number of nitrogens with zero attached hydrogens (tertiary/aromatic N) is 2. The fraction of sp³-hybridized carbons (Fsp3) is 0.548. The summed E-state index contributed by atoms with van der Waals surface area (Å²) in [5.74, 6) is 0.458. The van der Waals surface area contributed by atoms with Crippen molar-refractivity contribution in [2.75, 3.05) is 27.3 Å². The molecule has 0 aliphatic carbocycles. The van der Waals surface area contributed by atoms with E-state index in [4.69, 9.17) is 9.47 Å². The van der Waals surface area contributed by atoms with Gasteiger partial charge in [-0.1, -0.05) is 76.1 Å². The lowest BCUT2D eigenvalue weighted by Gasteiger charge is -2.53. The molecule has 1 fully saturated rings. The number of nitrogens with one attached hydrogen (secondary N) is 1. The molecule has 1 aliphatic heterocycles. The highest BCUT2D eigenvalue weighted by molar-refractivity contribution is 6.03. The Kier molecular flexibility index (Phi) is 10.3. The van der Waals surface area contributed by atoms with E-state index in [0.717, 1.165) is 30.5 Å². The fourth-order valence-corrected chi connectivity index (χ4v) is 5.28. The van der Waals surface area contributed by atoms with E-state index in [0.29, 0.717) is 25.2 Å². The fourth-order valence-electron chi connectivity index (χ4n) is 5.28. The van der Waals surface area contributed by atoms with Gasteiger partial charge < -0.3 is 14.8 Å². The smallest absolute Gasteiger partial charge is 0.327 e. The summed E-state index contributed by atoms with van der Waals surface area (Å²) in [7, 11) is 3.78. The molecule has 1 unspecified atom stereocenters.